The highest BCUT2D eigenvalue weighted by molar-refractivity contribution is 7.87. The third kappa shape index (κ3) is 3.78. The van der Waals surface area contributed by atoms with Crippen LogP contribution in [0.1, 0.15) is 0 Å². The van der Waals surface area contributed by atoms with Gasteiger partial charge in [0, 0.05) is 29.1 Å². The lowest BCUT2D eigenvalue weighted by atomic mass is 10.1. The Morgan fingerprint density at radius 3 is 2.21 bits per heavy atom. The fourth-order valence-corrected chi connectivity index (χ4v) is 3.81. The van der Waals surface area contributed by atoms with Gasteiger partial charge in [-0.1, -0.05) is 42.5 Å². The molecule has 144 valence electrons. The molecular weight excluding hydrogens is 392 g/mol. The Balaban J connectivity index is 1.79. The summed E-state index contributed by atoms with van der Waals surface area (Å²) in [5, 5.41) is 11.3. The minimum absolute atomic E-state index is 0.132. The van der Waals surface area contributed by atoms with Gasteiger partial charge in [-0.05, 0) is 24.3 Å². The monoisotopic (exact) mass is 406 g/mol. The molecule has 0 aliphatic rings. The Labute approximate surface area is 166 Å². The Morgan fingerprint density at radius 1 is 0.862 bits per heavy atom. The normalized spacial score (nSPS) is 11.3. The maximum absolute atomic E-state index is 12.8. The average Bonchev–Trinajstić information content (AvgIpc) is 2.74. The number of non-ortho nitro benzene ring substituents is 1. The molecule has 0 aliphatic heterocycles. The van der Waals surface area contributed by atoms with Crippen molar-refractivity contribution < 1.29 is 17.5 Å². The zero-order valence-corrected chi connectivity index (χ0v) is 15.7. The fraction of sp³-hybridized carbons (Fsp3) is 0. The van der Waals surface area contributed by atoms with Gasteiger partial charge in [-0.3, -0.25) is 10.1 Å². The molecule has 29 heavy (non-hydrogen) atoms. The van der Waals surface area contributed by atoms with Gasteiger partial charge in [-0.25, -0.2) is 4.98 Å². The molecule has 1 aromatic heterocycles. The van der Waals surface area contributed by atoms with Gasteiger partial charge in [0.25, 0.3) is 5.69 Å². The van der Waals surface area contributed by atoms with Crippen molar-refractivity contribution in [1.29, 1.82) is 0 Å². The molecule has 7 nitrogen and oxygen atoms in total. The number of fused-ring (bicyclic) bond motifs is 1. The first kappa shape index (κ1) is 18.6. The van der Waals surface area contributed by atoms with Crippen molar-refractivity contribution in [2.24, 2.45) is 0 Å². The molecule has 0 aliphatic carbocycles. The average molecular weight is 406 g/mol. The number of hydrogen-bond donors (Lipinski definition) is 0. The standard InChI is InChI=1S/C21H14N2O5S/c24-23(25)16-10-12-17(13-11-16)29(26,27)28-21-14-20(15-6-2-1-3-7-15)22-19-9-5-4-8-18(19)21/h1-14H. The molecule has 0 spiro atoms. The smallest absolute Gasteiger partial charge is 0.339 e. The van der Waals surface area contributed by atoms with E-state index in [1.807, 2.05) is 30.3 Å². The summed E-state index contributed by atoms with van der Waals surface area (Å²) in [4.78, 5) is 14.6. The number of para-hydroxylation sites is 1. The molecule has 0 N–H and O–H groups in total. The van der Waals surface area contributed by atoms with E-state index in [1.54, 1.807) is 30.3 Å². The molecule has 3 aromatic carbocycles. The number of rotatable bonds is 5. The number of nitro benzene ring substituents is 1. The topological polar surface area (TPSA) is 99.4 Å². The van der Waals surface area contributed by atoms with Crippen molar-refractivity contribution in [2.45, 2.75) is 4.90 Å². The molecule has 4 aromatic rings. The van der Waals surface area contributed by atoms with Crippen molar-refractivity contribution >= 4 is 26.7 Å². The quantitative estimate of drug-likeness (QED) is 0.273. The van der Waals surface area contributed by atoms with E-state index >= 15 is 0 Å². The first-order valence-corrected chi connectivity index (χ1v) is 9.99. The van der Waals surface area contributed by atoms with Crippen LogP contribution in [0.3, 0.4) is 0 Å². The molecule has 0 saturated heterocycles. The molecule has 8 heteroatoms. The van der Waals surface area contributed by atoms with Crippen LogP contribution in [0.2, 0.25) is 0 Å². The second-order valence-corrected chi connectivity index (χ2v) is 7.72. The lowest BCUT2D eigenvalue weighted by Crippen LogP contribution is -2.10. The second kappa shape index (κ2) is 7.33. The Bertz CT molecular complexity index is 1300. The highest BCUT2D eigenvalue weighted by atomic mass is 32.2. The largest absolute Gasteiger partial charge is 0.378 e. The van der Waals surface area contributed by atoms with E-state index in [2.05, 4.69) is 4.98 Å². The molecule has 4 rings (SSSR count). The number of nitro groups is 1. The van der Waals surface area contributed by atoms with E-state index in [9.17, 15) is 18.5 Å². The molecule has 0 saturated carbocycles. The second-order valence-electron chi connectivity index (χ2n) is 6.18. The summed E-state index contributed by atoms with van der Waals surface area (Å²) in [5.74, 6) is 0.132. The lowest BCUT2D eigenvalue weighted by molar-refractivity contribution is -0.384. The maximum Gasteiger partial charge on any atom is 0.339 e. The first-order chi connectivity index (χ1) is 13.9. The van der Waals surface area contributed by atoms with E-state index in [4.69, 9.17) is 4.18 Å². The van der Waals surface area contributed by atoms with Crippen LogP contribution in [-0.2, 0) is 10.1 Å². The highest BCUT2D eigenvalue weighted by Crippen LogP contribution is 2.32. The summed E-state index contributed by atoms with van der Waals surface area (Å²) >= 11 is 0. The molecule has 0 atom stereocenters. The summed E-state index contributed by atoms with van der Waals surface area (Å²) < 4.78 is 30.9. The van der Waals surface area contributed by atoms with Crippen LogP contribution in [0, 0.1) is 10.1 Å². The summed E-state index contributed by atoms with van der Waals surface area (Å²) in [6.07, 6.45) is 0. The van der Waals surface area contributed by atoms with Crippen LogP contribution in [-0.4, -0.2) is 18.3 Å². The molecular formula is C21H14N2O5S. The number of benzene rings is 3. The predicted octanol–water partition coefficient (Wildman–Crippen LogP) is 4.58. The molecule has 1 heterocycles. The molecule has 0 radical (unpaired) electrons. The van der Waals surface area contributed by atoms with Gasteiger partial charge in [-0.2, -0.15) is 8.42 Å². The number of aromatic nitrogens is 1. The van der Waals surface area contributed by atoms with Crippen LogP contribution in [0.5, 0.6) is 5.75 Å². The van der Waals surface area contributed by atoms with Crippen molar-refractivity contribution in [3.8, 4) is 17.0 Å². The third-order valence-corrected chi connectivity index (χ3v) is 5.53. The van der Waals surface area contributed by atoms with Crippen LogP contribution < -0.4 is 4.18 Å². The Hall–Kier alpha value is -3.78. The van der Waals surface area contributed by atoms with E-state index in [0.29, 0.717) is 16.6 Å². The van der Waals surface area contributed by atoms with E-state index in [-0.39, 0.29) is 16.3 Å². The zero-order valence-electron chi connectivity index (χ0n) is 14.9. The van der Waals surface area contributed by atoms with Gasteiger partial charge in [0.1, 0.15) is 4.90 Å². The van der Waals surface area contributed by atoms with Gasteiger partial charge >= 0.3 is 10.1 Å². The van der Waals surface area contributed by atoms with Gasteiger partial charge in [-0.15, -0.1) is 0 Å². The molecule has 0 fully saturated rings. The maximum atomic E-state index is 12.8. The van der Waals surface area contributed by atoms with Crippen LogP contribution in [0.25, 0.3) is 22.2 Å². The van der Waals surface area contributed by atoms with Gasteiger partial charge < -0.3 is 4.18 Å². The van der Waals surface area contributed by atoms with Crippen LogP contribution in [0.4, 0.5) is 5.69 Å². The molecule has 0 unspecified atom stereocenters. The first-order valence-electron chi connectivity index (χ1n) is 8.58. The summed E-state index contributed by atoms with van der Waals surface area (Å²) in [7, 11) is -4.20. The SMILES string of the molecule is O=[N+]([O-])c1ccc(S(=O)(=O)Oc2cc(-c3ccccc3)nc3ccccc23)cc1. The van der Waals surface area contributed by atoms with Gasteiger partial charge in [0.05, 0.1) is 16.1 Å². The number of pyridine rings is 1. The molecule has 0 bridgehead atoms. The minimum Gasteiger partial charge on any atom is -0.378 e. The summed E-state index contributed by atoms with van der Waals surface area (Å²) in [5.41, 5.74) is 1.77. The molecule has 0 amide bonds. The van der Waals surface area contributed by atoms with Crippen molar-refractivity contribution in [3.63, 3.8) is 0 Å². The van der Waals surface area contributed by atoms with E-state index in [1.165, 1.54) is 0 Å². The zero-order chi connectivity index (χ0) is 20.4. The summed E-state index contributed by atoms with van der Waals surface area (Å²) in [6.45, 7) is 0. The van der Waals surface area contributed by atoms with Crippen LogP contribution in [0.15, 0.2) is 89.8 Å². The predicted molar refractivity (Wildman–Crippen MR) is 108 cm³/mol. The Kier molecular flexibility index (Phi) is 4.69. The number of hydrogen-bond acceptors (Lipinski definition) is 6. The van der Waals surface area contributed by atoms with Gasteiger partial charge in [0.2, 0.25) is 0 Å². The van der Waals surface area contributed by atoms with Crippen LogP contribution >= 0.6 is 0 Å². The fourth-order valence-electron chi connectivity index (χ4n) is 2.87. The van der Waals surface area contributed by atoms with E-state index in [0.717, 1.165) is 29.8 Å². The number of nitrogens with zero attached hydrogens (tertiary/aromatic N) is 2. The minimum atomic E-state index is -4.20. The van der Waals surface area contributed by atoms with Gasteiger partial charge in [0.15, 0.2) is 5.75 Å². The highest BCUT2D eigenvalue weighted by Gasteiger charge is 2.20. The summed E-state index contributed by atoms with van der Waals surface area (Å²) in [6, 6.07) is 22.5. The van der Waals surface area contributed by atoms with Crippen molar-refractivity contribution in [2.75, 3.05) is 0 Å². The Morgan fingerprint density at radius 2 is 1.52 bits per heavy atom. The van der Waals surface area contributed by atoms with E-state index < -0.39 is 15.0 Å². The van der Waals surface area contributed by atoms with Crippen molar-refractivity contribution in [3.05, 3.63) is 95.0 Å². The third-order valence-electron chi connectivity index (χ3n) is 4.28. The van der Waals surface area contributed by atoms with Crippen molar-refractivity contribution in [1.82, 2.24) is 4.98 Å². The lowest BCUT2D eigenvalue weighted by Gasteiger charge is -2.11.